The van der Waals surface area contributed by atoms with Crippen LogP contribution in [0.3, 0.4) is 0 Å². The molecule has 1 aliphatic carbocycles. The molecule has 1 N–H and O–H groups in total. The Bertz CT molecular complexity index is 444. The number of rotatable bonds is 0. The fourth-order valence-electron chi connectivity index (χ4n) is 2.31. The van der Waals surface area contributed by atoms with Gasteiger partial charge in [-0.1, -0.05) is 12.2 Å². The van der Waals surface area contributed by atoms with Crippen molar-refractivity contribution in [3.8, 4) is 0 Å². The number of likely N-dealkylation sites (tertiary alicyclic amines) is 1. The third-order valence-corrected chi connectivity index (χ3v) is 3.03. The van der Waals surface area contributed by atoms with E-state index in [-0.39, 0.29) is 17.5 Å². The van der Waals surface area contributed by atoms with E-state index in [1.54, 1.807) is 20.8 Å². The van der Waals surface area contributed by atoms with Gasteiger partial charge in [0.1, 0.15) is 5.60 Å². The van der Waals surface area contributed by atoms with Gasteiger partial charge in [0.25, 0.3) is 5.91 Å². The molecule has 2 rings (SSSR count). The van der Waals surface area contributed by atoms with Crippen molar-refractivity contribution in [2.75, 3.05) is 0 Å². The molecular formula is C13H17NO4. The number of aliphatic hydroxyl groups is 1. The van der Waals surface area contributed by atoms with Crippen LogP contribution in [-0.4, -0.2) is 33.6 Å². The maximum atomic E-state index is 12.0. The summed E-state index contributed by atoms with van der Waals surface area (Å²) >= 11 is 0. The molecule has 0 aromatic heterocycles. The van der Waals surface area contributed by atoms with Gasteiger partial charge in [-0.05, 0) is 27.2 Å². The van der Waals surface area contributed by atoms with Gasteiger partial charge in [-0.15, -0.1) is 0 Å². The summed E-state index contributed by atoms with van der Waals surface area (Å²) < 4.78 is 5.22. The highest BCUT2D eigenvalue weighted by atomic mass is 16.6. The molecule has 1 heterocycles. The average Bonchev–Trinajstić information content (AvgIpc) is 2.73. The Morgan fingerprint density at radius 1 is 1.56 bits per heavy atom. The first-order chi connectivity index (χ1) is 8.35. The number of hydrogen-bond donors (Lipinski definition) is 1. The zero-order chi connectivity index (χ0) is 13.5. The molecule has 2 unspecified atom stereocenters. The van der Waals surface area contributed by atoms with E-state index in [4.69, 9.17) is 9.84 Å². The van der Waals surface area contributed by atoms with Crippen molar-refractivity contribution >= 4 is 12.0 Å². The molecule has 0 aromatic carbocycles. The summed E-state index contributed by atoms with van der Waals surface area (Å²) in [5.74, 6) is -0.610. The van der Waals surface area contributed by atoms with E-state index in [1.165, 1.54) is 0 Å². The average molecular weight is 251 g/mol. The minimum atomic E-state index is -0.661. The lowest BCUT2D eigenvalue weighted by Crippen LogP contribution is -2.42. The fourth-order valence-corrected chi connectivity index (χ4v) is 2.31. The molecule has 1 aliphatic heterocycles. The summed E-state index contributed by atoms with van der Waals surface area (Å²) in [6.45, 7) is 5.24. The van der Waals surface area contributed by atoms with Crippen LogP contribution in [0.2, 0.25) is 0 Å². The van der Waals surface area contributed by atoms with Gasteiger partial charge in [-0.2, -0.15) is 0 Å². The smallest absolute Gasteiger partial charge is 0.417 e. The molecule has 2 atom stereocenters. The van der Waals surface area contributed by atoms with Crippen molar-refractivity contribution in [3.05, 3.63) is 24.0 Å². The number of hydrogen-bond acceptors (Lipinski definition) is 4. The third-order valence-electron chi connectivity index (χ3n) is 3.03. The summed E-state index contributed by atoms with van der Waals surface area (Å²) in [6, 6.07) is -0.328. The standard InChI is InChI=1S/C13H17NO4/c1-13(2,3)18-12(17)14-10-6-4-5-8(10)9(7-15)11(14)16/h4,6-8,10,15H,5H2,1-3H3/b9-7+. The van der Waals surface area contributed by atoms with E-state index in [0.29, 0.717) is 6.42 Å². The summed E-state index contributed by atoms with van der Waals surface area (Å²) in [5.41, 5.74) is -0.378. The van der Waals surface area contributed by atoms with Crippen molar-refractivity contribution in [3.63, 3.8) is 0 Å². The number of aliphatic hydroxyl groups excluding tert-OH is 1. The SMILES string of the molecule is CC(C)(C)OC(=O)N1C(=O)/C(=C/O)C2CC=CC21. The normalized spacial score (nSPS) is 28.9. The second-order valence-electron chi connectivity index (χ2n) is 5.50. The second-order valence-corrected chi connectivity index (χ2v) is 5.50. The lowest BCUT2D eigenvalue weighted by molar-refractivity contribution is -0.125. The number of carbonyl (C=O) groups is 2. The number of carbonyl (C=O) groups excluding carboxylic acids is 2. The highest BCUT2D eigenvalue weighted by Gasteiger charge is 2.48. The predicted octanol–water partition coefficient (Wildman–Crippen LogP) is 2.15. The van der Waals surface area contributed by atoms with Gasteiger partial charge < -0.3 is 9.84 Å². The van der Waals surface area contributed by atoms with Gasteiger partial charge in [-0.3, -0.25) is 4.79 Å². The van der Waals surface area contributed by atoms with Gasteiger partial charge in [0, 0.05) is 5.92 Å². The molecule has 2 aliphatic rings. The molecule has 0 saturated carbocycles. The molecule has 98 valence electrons. The lowest BCUT2D eigenvalue weighted by Gasteiger charge is -2.25. The van der Waals surface area contributed by atoms with Crippen LogP contribution in [0.25, 0.3) is 0 Å². The van der Waals surface area contributed by atoms with Crippen molar-refractivity contribution in [1.29, 1.82) is 0 Å². The third kappa shape index (κ3) is 2.00. The Morgan fingerprint density at radius 3 is 2.78 bits per heavy atom. The molecule has 0 spiro atoms. The quantitative estimate of drug-likeness (QED) is 0.407. The summed E-state index contributed by atoms with van der Waals surface area (Å²) in [4.78, 5) is 25.1. The molecule has 0 aromatic rings. The molecular weight excluding hydrogens is 234 g/mol. The van der Waals surface area contributed by atoms with Gasteiger partial charge in [0.15, 0.2) is 0 Å². The Hall–Kier alpha value is -1.78. The number of allylic oxidation sites excluding steroid dienone is 1. The van der Waals surface area contributed by atoms with E-state index in [0.717, 1.165) is 11.2 Å². The monoisotopic (exact) mass is 251 g/mol. The molecule has 18 heavy (non-hydrogen) atoms. The zero-order valence-electron chi connectivity index (χ0n) is 10.7. The topological polar surface area (TPSA) is 66.8 Å². The molecule has 0 bridgehead atoms. The lowest BCUT2D eigenvalue weighted by atomic mass is 9.99. The predicted molar refractivity (Wildman–Crippen MR) is 64.8 cm³/mol. The van der Waals surface area contributed by atoms with Crippen LogP contribution in [0.5, 0.6) is 0 Å². The molecule has 1 fully saturated rings. The minimum Gasteiger partial charge on any atom is -0.515 e. The summed E-state index contributed by atoms with van der Waals surface area (Å²) in [7, 11) is 0. The van der Waals surface area contributed by atoms with Crippen LogP contribution in [-0.2, 0) is 9.53 Å². The van der Waals surface area contributed by atoms with Crippen LogP contribution >= 0.6 is 0 Å². The van der Waals surface area contributed by atoms with Gasteiger partial charge in [0.2, 0.25) is 0 Å². The maximum Gasteiger partial charge on any atom is 0.417 e. The number of ether oxygens (including phenoxy) is 1. The van der Waals surface area contributed by atoms with Crippen LogP contribution < -0.4 is 0 Å². The molecule has 2 amide bonds. The van der Waals surface area contributed by atoms with E-state index in [1.807, 2.05) is 12.2 Å². The van der Waals surface area contributed by atoms with Gasteiger partial charge in [-0.25, -0.2) is 9.69 Å². The summed E-state index contributed by atoms with van der Waals surface area (Å²) in [6.07, 6.45) is 4.51. The second kappa shape index (κ2) is 4.15. The number of fused-ring (bicyclic) bond motifs is 1. The van der Waals surface area contributed by atoms with E-state index in [2.05, 4.69) is 0 Å². The van der Waals surface area contributed by atoms with E-state index < -0.39 is 17.6 Å². The highest BCUT2D eigenvalue weighted by Crippen LogP contribution is 2.38. The van der Waals surface area contributed by atoms with Gasteiger partial charge >= 0.3 is 6.09 Å². The molecule has 1 saturated heterocycles. The number of imide groups is 1. The Kier molecular flexibility index (Phi) is 2.92. The Morgan fingerprint density at radius 2 is 2.22 bits per heavy atom. The van der Waals surface area contributed by atoms with Crippen molar-refractivity contribution in [2.24, 2.45) is 5.92 Å². The first-order valence-electron chi connectivity index (χ1n) is 5.92. The molecule has 5 nitrogen and oxygen atoms in total. The fraction of sp³-hybridized carbons (Fsp3) is 0.538. The van der Waals surface area contributed by atoms with Crippen molar-refractivity contribution in [2.45, 2.75) is 38.8 Å². The van der Waals surface area contributed by atoms with Crippen LogP contribution in [0, 0.1) is 5.92 Å². The van der Waals surface area contributed by atoms with Gasteiger partial charge in [0.05, 0.1) is 17.9 Å². The van der Waals surface area contributed by atoms with Crippen LogP contribution in [0.15, 0.2) is 24.0 Å². The van der Waals surface area contributed by atoms with Crippen LogP contribution in [0.1, 0.15) is 27.2 Å². The summed E-state index contributed by atoms with van der Waals surface area (Å²) in [5, 5.41) is 9.13. The zero-order valence-corrected chi connectivity index (χ0v) is 10.7. The minimum absolute atomic E-state index is 0.144. The van der Waals surface area contributed by atoms with Crippen molar-refractivity contribution in [1.82, 2.24) is 4.90 Å². The first-order valence-corrected chi connectivity index (χ1v) is 5.92. The molecule has 0 radical (unpaired) electrons. The van der Waals surface area contributed by atoms with Crippen molar-refractivity contribution < 1.29 is 19.4 Å². The highest BCUT2D eigenvalue weighted by molar-refractivity contribution is 6.06. The van der Waals surface area contributed by atoms with E-state index >= 15 is 0 Å². The Balaban J connectivity index is 2.25. The first kappa shape index (κ1) is 12.7. The molecule has 5 heteroatoms. The Labute approximate surface area is 106 Å². The van der Waals surface area contributed by atoms with Crippen LogP contribution in [0.4, 0.5) is 4.79 Å². The van der Waals surface area contributed by atoms with E-state index in [9.17, 15) is 9.59 Å². The number of nitrogens with zero attached hydrogens (tertiary/aromatic N) is 1. The largest absolute Gasteiger partial charge is 0.515 e. The maximum absolute atomic E-state index is 12.0. The number of amides is 2.